The van der Waals surface area contributed by atoms with Gasteiger partial charge < -0.3 is 14.2 Å². The molecule has 1 unspecified atom stereocenters. The standard InChI is InChI=1S/C23H22N4O4S/c1-15(26-27-22(28)21-13-30-19-6-3-4-7-20(19)31-21)16-8-9-18(29-2)17(12-16)14-32-23-24-10-5-11-25-23/h3-12,21H,13-14H2,1-2H3,(H,27,28)/b26-15+. The van der Waals surface area contributed by atoms with Gasteiger partial charge in [0.05, 0.1) is 12.8 Å². The monoisotopic (exact) mass is 450 g/mol. The molecule has 0 radical (unpaired) electrons. The fourth-order valence-electron chi connectivity index (χ4n) is 3.04. The lowest BCUT2D eigenvalue weighted by Crippen LogP contribution is -2.42. The Morgan fingerprint density at radius 2 is 1.97 bits per heavy atom. The number of methoxy groups -OCH3 is 1. The lowest BCUT2D eigenvalue weighted by Gasteiger charge is -2.24. The molecular weight excluding hydrogens is 428 g/mol. The molecule has 4 rings (SSSR count). The smallest absolute Gasteiger partial charge is 0.284 e. The van der Waals surface area contributed by atoms with Crippen molar-refractivity contribution in [1.29, 1.82) is 0 Å². The zero-order valence-corrected chi connectivity index (χ0v) is 18.5. The topological polar surface area (TPSA) is 94.9 Å². The number of fused-ring (bicyclic) bond motifs is 1. The third-order valence-corrected chi connectivity index (χ3v) is 5.66. The summed E-state index contributed by atoms with van der Waals surface area (Å²) in [5.41, 5.74) is 5.07. The van der Waals surface area contributed by atoms with Crippen molar-refractivity contribution in [1.82, 2.24) is 15.4 Å². The van der Waals surface area contributed by atoms with Crippen LogP contribution >= 0.6 is 11.8 Å². The van der Waals surface area contributed by atoms with E-state index in [-0.39, 0.29) is 12.5 Å². The van der Waals surface area contributed by atoms with Gasteiger partial charge in [0.2, 0.25) is 6.10 Å². The molecule has 0 bridgehead atoms. The summed E-state index contributed by atoms with van der Waals surface area (Å²) in [4.78, 5) is 21.0. The van der Waals surface area contributed by atoms with Gasteiger partial charge in [0.1, 0.15) is 12.4 Å². The lowest BCUT2D eigenvalue weighted by atomic mass is 10.1. The molecule has 0 aliphatic carbocycles. The molecule has 1 atom stereocenters. The largest absolute Gasteiger partial charge is 0.496 e. The Balaban J connectivity index is 1.42. The van der Waals surface area contributed by atoms with Crippen LogP contribution in [0.5, 0.6) is 17.2 Å². The van der Waals surface area contributed by atoms with Gasteiger partial charge in [-0.3, -0.25) is 4.79 Å². The van der Waals surface area contributed by atoms with Gasteiger partial charge in [-0.15, -0.1) is 0 Å². The Labute approximate surface area is 190 Å². The van der Waals surface area contributed by atoms with Crippen LogP contribution in [0.15, 0.2) is 71.2 Å². The van der Waals surface area contributed by atoms with Crippen LogP contribution in [0.4, 0.5) is 0 Å². The zero-order valence-electron chi connectivity index (χ0n) is 17.6. The first-order valence-electron chi connectivity index (χ1n) is 9.94. The van der Waals surface area contributed by atoms with E-state index >= 15 is 0 Å². The summed E-state index contributed by atoms with van der Waals surface area (Å²) in [6, 6.07) is 14.8. The molecule has 2 aromatic carbocycles. The lowest BCUT2D eigenvalue weighted by molar-refractivity contribution is -0.130. The first kappa shape index (κ1) is 21.6. The molecule has 1 aromatic heterocycles. The molecule has 8 nitrogen and oxygen atoms in total. The van der Waals surface area contributed by atoms with Gasteiger partial charge >= 0.3 is 0 Å². The van der Waals surface area contributed by atoms with E-state index in [1.54, 1.807) is 37.7 Å². The van der Waals surface area contributed by atoms with Gasteiger partial charge in [-0.25, -0.2) is 15.4 Å². The molecule has 9 heteroatoms. The van der Waals surface area contributed by atoms with Crippen molar-refractivity contribution in [2.75, 3.05) is 13.7 Å². The number of nitrogens with one attached hydrogen (secondary N) is 1. The second kappa shape index (κ2) is 10.1. The summed E-state index contributed by atoms with van der Waals surface area (Å²) >= 11 is 1.51. The fourth-order valence-corrected chi connectivity index (χ4v) is 3.82. The molecule has 1 aliphatic heterocycles. The van der Waals surface area contributed by atoms with E-state index < -0.39 is 6.10 Å². The van der Waals surface area contributed by atoms with Crippen molar-refractivity contribution < 1.29 is 19.0 Å². The first-order chi connectivity index (χ1) is 15.6. The highest BCUT2D eigenvalue weighted by atomic mass is 32.2. The summed E-state index contributed by atoms with van der Waals surface area (Å²) in [6.07, 6.45) is 2.65. The molecule has 1 amide bonds. The molecule has 1 aliphatic rings. The molecule has 0 spiro atoms. The quantitative estimate of drug-likeness (QED) is 0.255. The van der Waals surface area contributed by atoms with Crippen LogP contribution < -0.4 is 19.6 Å². The number of rotatable bonds is 7. The van der Waals surface area contributed by atoms with Crippen molar-refractivity contribution in [2.45, 2.75) is 23.9 Å². The second-order valence-electron chi connectivity index (χ2n) is 6.88. The van der Waals surface area contributed by atoms with Gasteiger partial charge in [0.15, 0.2) is 16.7 Å². The van der Waals surface area contributed by atoms with Crippen molar-refractivity contribution in [3.05, 3.63) is 72.1 Å². The predicted molar refractivity (Wildman–Crippen MR) is 121 cm³/mol. The molecule has 0 saturated heterocycles. The number of thioether (sulfide) groups is 1. The maximum Gasteiger partial charge on any atom is 0.284 e. The van der Waals surface area contributed by atoms with Crippen LogP contribution in [0.2, 0.25) is 0 Å². The Morgan fingerprint density at radius 1 is 1.19 bits per heavy atom. The summed E-state index contributed by atoms with van der Waals surface area (Å²) in [7, 11) is 1.63. The number of hydrogen-bond donors (Lipinski definition) is 1. The average molecular weight is 451 g/mol. The van der Waals surface area contributed by atoms with E-state index in [9.17, 15) is 4.79 Å². The zero-order chi connectivity index (χ0) is 22.3. The number of carbonyl (C=O) groups excluding carboxylic acids is 1. The Kier molecular flexibility index (Phi) is 6.86. The van der Waals surface area contributed by atoms with Crippen molar-refractivity contribution in [3.63, 3.8) is 0 Å². The van der Waals surface area contributed by atoms with Crippen molar-refractivity contribution in [3.8, 4) is 17.2 Å². The van der Waals surface area contributed by atoms with Crippen molar-refractivity contribution >= 4 is 23.4 Å². The molecule has 1 N–H and O–H groups in total. The van der Waals surface area contributed by atoms with E-state index in [0.717, 1.165) is 16.9 Å². The summed E-state index contributed by atoms with van der Waals surface area (Å²) < 4.78 is 16.8. The van der Waals surface area contributed by atoms with Crippen LogP contribution in [0, 0.1) is 0 Å². The van der Waals surface area contributed by atoms with E-state index in [1.807, 2.05) is 37.3 Å². The number of hydrazone groups is 1. The Morgan fingerprint density at radius 3 is 2.75 bits per heavy atom. The number of hydrogen-bond acceptors (Lipinski definition) is 8. The highest BCUT2D eigenvalue weighted by molar-refractivity contribution is 7.98. The van der Waals surface area contributed by atoms with E-state index in [0.29, 0.717) is 28.1 Å². The summed E-state index contributed by atoms with van der Waals surface area (Å²) in [6.45, 7) is 1.95. The molecule has 2 heterocycles. The second-order valence-corrected chi connectivity index (χ2v) is 7.83. The van der Waals surface area contributed by atoms with E-state index in [2.05, 4.69) is 20.5 Å². The third kappa shape index (κ3) is 5.17. The summed E-state index contributed by atoms with van der Waals surface area (Å²) in [5.74, 6) is 2.19. The average Bonchev–Trinajstić information content (AvgIpc) is 2.85. The minimum absolute atomic E-state index is 0.128. The third-order valence-electron chi connectivity index (χ3n) is 4.73. The number of benzene rings is 2. The molecular formula is C23H22N4O4S. The van der Waals surface area contributed by atoms with E-state index in [1.165, 1.54) is 11.8 Å². The van der Waals surface area contributed by atoms with Gasteiger partial charge in [0, 0.05) is 23.7 Å². The maximum atomic E-state index is 12.5. The molecule has 32 heavy (non-hydrogen) atoms. The number of aromatic nitrogens is 2. The summed E-state index contributed by atoms with van der Waals surface area (Å²) in [5, 5.41) is 4.94. The van der Waals surface area contributed by atoms with Gasteiger partial charge in [0.25, 0.3) is 5.91 Å². The maximum absolute atomic E-state index is 12.5. The van der Waals surface area contributed by atoms with Crippen LogP contribution in [0.25, 0.3) is 0 Å². The number of nitrogens with zero attached hydrogens (tertiary/aromatic N) is 3. The first-order valence-corrected chi connectivity index (χ1v) is 10.9. The number of carbonyl (C=O) groups is 1. The number of para-hydroxylation sites is 2. The minimum atomic E-state index is -0.768. The van der Waals surface area contributed by atoms with Crippen molar-refractivity contribution in [2.24, 2.45) is 5.10 Å². The van der Waals surface area contributed by atoms with E-state index in [4.69, 9.17) is 14.2 Å². The Hall–Kier alpha value is -3.59. The predicted octanol–water partition coefficient (Wildman–Crippen LogP) is 3.46. The van der Waals surface area contributed by atoms with Crippen LogP contribution in [0.3, 0.4) is 0 Å². The highest BCUT2D eigenvalue weighted by Gasteiger charge is 2.27. The number of amides is 1. The number of ether oxygens (including phenoxy) is 3. The minimum Gasteiger partial charge on any atom is -0.496 e. The Bertz CT molecular complexity index is 1120. The van der Waals surface area contributed by atoms with Gasteiger partial charge in [-0.1, -0.05) is 23.9 Å². The normalized spacial score (nSPS) is 15.2. The molecule has 0 fully saturated rings. The van der Waals surface area contributed by atoms with Crippen LogP contribution in [-0.2, 0) is 10.5 Å². The van der Waals surface area contributed by atoms with Crippen LogP contribution in [-0.4, -0.2) is 41.4 Å². The SMILES string of the molecule is COc1ccc(/C(C)=N/NC(=O)C2COc3ccccc3O2)cc1CSc1ncccn1. The van der Waals surface area contributed by atoms with Crippen LogP contribution in [0.1, 0.15) is 18.1 Å². The molecule has 164 valence electrons. The van der Waals surface area contributed by atoms with Gasteiger partial charge in [-0.05, 0) is 48.9 Å². The fraction of sp³-hybridized carbons (Fsp3) is 0.217. The van der Waals surface area contributed by atoms with Gasteiger partial charge in [-0.2, -0.15) is 5.10 Å². The highest BCUT2D eigenvalue weighted by Crippen LogP contribution is 2.31. The molecule has 3 aromatic rings. The molecule has 0 saturated carbocycles.